The standard InChI is InChI=1S/C9H10ClN3OS.HI/c1-15-9(13-8(11)14)12-7-4-2-6(10)3-5-7;/h2-5H,1H3,(H3,11,12,13,14);1H. The van der Waals surface area contributed by atoms with Gasteiger partial charge < -0.3 is 29.7 Å². The number of nitrogens with two attached hydrogens (primary N) is 1. The summed E-state index contributed by atoms with van der Waals surface area (Å²) >= 11 is 7.09. The maximum Gasteiger partial charge on any atom is 0.404 e. The van der Waals surface area contributed by atoms with Crippen LogP contribution in [0.1, 0.15) is 0 Å². The number of carbonyl (C=O) groups excluding carboxylic acids is 1. The van der Waals surface area contributed by atoms with Crippen molar-refractivity contribution in [2.45, 2.75) is 0 Å². The van der Waals surface area contributed by atoms with E-state index in [1.165, 1.54) is 11.8 Å². The fourth-order valence-electron chi connectivity index (χ4n) is 0.910. The molecule has 0 saturated heterocycles. The Kier molecular flexibility index (Phi) is 7.52. The summed E-state index contributed by atoms with van der Waals surface area (Å²) in [5.74, 6) is 0. The van der Waals surface area contributed by atoms with Gasteiger partial charge in [0.15, 0.2) is 0 Å². The van der Waals surface area contributed by atoms with Gasteiger partial charge >= 0.3 is 11.2 Å². The van der Waals surface area contributed by atoms with E-state index in [0.717, 1.165) is 5.69 Å². The predicted molar refractivity (Wildman–Crippen MR) is 63.3 cm³/mol. The van der Waals surface area contributed by atoms with Gasteiger partial charge in [0.05, 0.1) is 0 Å². The average Bonchev–Trinajstić information content (AvgIpc) is 2.19. The lowest BCUT2D eigenvalue weighted by atomic mass is 10.3. The van der Waals surface area contributed by atoms with Crippen molar-refractivity contribution in [2.24, 2.45) is 5.73 Å². The van der Waals surface area contributed by atoms with Crippen molar-refractivity contribution in [3.63, 3.8) is 0 Å². The zero-order chi connectivity index (χ0) is 11.3. The molecular weight excluding hydrogens is 361 g/mol. The third-order valence-electron chi connectivity index (χ3n) is 1.54. The fourth-order valence-corrected chi connectivity index (χ4v) is 1.46. The Morgan fingerprint density at radius 3 is 2.44 bits per heavy atom. The number of primary amides is 1. The topological polar surface area (TPSA) is 69.1 Å². The number of thioether (sulfide) groups is 1. The molecule has 0 aromatic heterocycles. The van der Waals surface area contributed by atoms with E-state index in [2.05, 4.69) is 10.3 Å². The van der Waals surface area contributed by atoms with Crippen LogP contribution in [0.25, 0.3) is 0 Å². The first kappa shape index (κ1) is 15.5. The molecule has 4 N–H and O–H groups in total. The van der Waals surface area contributed by atoms with Crippen LogP contribution in [0.15, 0.2) is 24.3 Å². The van der Waals surface area contributed by atoms with Crippen LogP contribution in [0, 0.1) is 0 Å². The molecule has 2 amide bonds. The van der Waals surface area contributed by atoms with Gasteiger partial charge in [-0.15, -0.1) is 0 Å². The third-order valence-corrected chi connectivity index (χ3v) is 2.41. The summed E-state index contributed by atoms with van der Waals surface area (Å²) in [5, 5.41) is 3.70. The number of carbonyl (C=O) groups is 1. The number of halogens is 2. The van der Waals surface area contributed by atoms with E-state index in [4.69, 9.17) is 17.3 Å². The van der Waals surface area contributed by atoms with Gasteiger partial charge in [-0.2, -0.15) is 5.32 Å². The normalized spacial score (nSPS) is 10.5. The van der Waals surface area contributed by atoms with Crippen molar-refractivity contribution in [1.82, 2.24) is 5.32 Å². The molecule has 0 spiro atoms. The van der Waals surface area contributed by atoms with E-state index in [9.17, 15) is 4.79 Å². The smallest absolute Gasteiger partial charge is 0.404 e. The van der Waals surface area contributed by atoms with Gasteiger partial charge in [-0.25, -0.2) is 9.79 Å². The SMILES string of the molecule is CSC(NC(N)=O)=[NH+]c1ccc(Cl)cc1.[I-]. The van der Waals surface area contributed by atoms with Gasteiger partial charge in [0.2, 0.25) is 0 Å². The highest BCUT2D eigenvalue weighted by atomic mass is 127. The fraction of sp³-hybridized carbons (Fsp3) is 0.111. The van der Waals surface area contributed by atoms with Crippen LogP contribution in [0.2, 0.25) is 5.02 Å². The van der Waals surface area contributed by atoms with Crippen molar-refractivity contribution in [3.8, 4) is 0 Å². The maximum atomic E-state index is 10.6. The van der Waals surface area contributed by atoms with E-state index in [1.807, 2.05) is 6.26 Å². The lowest BCUT2D eigenvalue weighted by Gasteiger charge is -1.96. The first-order valence-electron chi connectivity index (χ1n) is 4.12. The van der Waals surface area contributed by atoms with Crippen molar-refractivity contribution < 1.29 is 33.8 Å². The van der Waals surface area contributed by atoms with Crippen LogP contribution in [0.3, 0.4) is 0 Å². The molecule has 1 aromatic rings. The van der Waals surface area contributed by atoms with Gasteiger partial charge in [-0.1, -0.05) is 11.6 Å². The minimum Gasteiger partial charge on any atom is -1.00 e. The number of urea groups is 1. The molecule has 88 valence electrons. The summed E-state index contributed by atoms with van der Waals surface area (Å²) in [4.78, 5) is 13.6. The minimum absolute atomic E-state index is 0. The molecule has 0 radical (unpaired) electrons. The van der Waals surface area contributed by atoms with E-state index in [-0.39, 0.29) is 24.0 Å². The van der Waals surface area contributed by atoms with Crippen LogP contribution in [-0.4, -0.2) is 17.5 Å². The molecule has 0 saturated carbocycles. The van der Waals surface area contributed by atoms with E-state index < -0.39 is 6.03 Å². The molecule has 0 fully saturated rings. The van der Waals surface area contributed by atoms with Crippen LogP contribution >= 0.6 is 23.4 Å². The molecule has 0 atom stereocenters. The van der Waals surface area contributed by atoms with Crippen molar-refractivity contribution in [1.29, 1.82) is 0 Å². The highest BCUT2D eigenvalue weighted by molar-refractivity contribution is 8.13. The van der Waals surface area contributed by atoms with E-state index >= 15 is 0 Å². The molecule has 0 heterocycles. The van der Waals surface area contributed by atoms with Crippen LogP contribution in [-0.2, 0) is 0 Å². The summed E-state index contributed by atoms with van der Waals surface area (Å²) in [7, 11) is 0. The highest BCUT2D eigenvalue weighted by Crippen LogP contribution is 2.09. The molecule has 16 heavy (non-hydrogen) atoms. The zero-order valence-electron chi connectivity index (χ0n) is 8.46. The largest absolute Gasteiger partial charge is 1.00 e. The molecule has 0 aliphatic carbocycles. The number of hydrogen-bond acceptors (Lipinski definition) is 2. The third kappa shape index (κ3) is 5.57. The number of benzene rings is 1. The molecule has 1 aromatic carbocycles. The Bertz CT molecular complexity index is 383. The molecule has 0 bridgehead atoms. The summed E-state index contributed by atoms with van der Waals surface area (Å²) in [6, 6.07) is 6.53. The highest BCUT2D eigenvalue weighted by Gasteiger charge is 2.08. The van der Waals surface area contributed by atoms with Crippen molar-refractivity contribution in [2.75, 3.05) is 6.26 Å². The first-order chi connectivity index (χ1) is 7.11. The Morgan fingerprint density at radius 1 is 1.44 bits per heavy atom. The van der Waals surface area contributed by atoms with Gasteiger partial charge in [-0.05, 0) is 42.3 Å². The molecule has 7 heteroatoms. The first-order valence-corrected chi connectivity index (χ1v) is 5.72. The summed E-state index contributed by atoms with van der Waals surface area (Å²) < 4.78 is 0. The van der Waals surface area contributed by atoms with E-state index in [1.54, 1.807) is 24.3 Å². The van der Waals surface area contributed by atoms with Crippen molar-refractivity contribution >= 4 is 40.2 Å². The monoisotopic (exact) mass is 371 g/mol. The second kappa shape index (κ2) is 7.75. The van der Waals surface area contributed by atoms with Crippen LogP contribution in [0.4, 0.5) is 10.5 Å². The lowest BCUT2D eigenvalue weighted by molar-refractivity contribution is -0.352. The minimum atomic E-state index is -0.596. The molecule has 1 rings (SSSR count). The van der Waals surface area contributed by atoms with Gasteiger partial charge in [0.1, 0.15) is 5.69 Å². The number of nitrogens with one attached hydrogen (secondary N) is 2. The molecule has 0 unspecified atom stereocenters. The zero-order valence-corrected chi connectivity index (χ0v) is 12.2. The lowest BCUT2D eigenvalue weighted by Crippen LogP contribution is -3.00. The second-order valence-corrected chi connectivity index (χ2v) is 3.91. The van der Waals surface area contributed by atoms with E-state index in [0.29, 0.717) is 10.2 Å². The van der Waals surface area contributed by atoms with Crippen molar-refractivity contribution in [3.05, 3.63) is 29.3 Å². The summed E-state index contributed by atoms with van der Waals surface area (Å²) in [5.41, 5.74) is 5.83. The Hall–Kier alpha value is -0.470. The number of rotatable bonds is 1. The molecule has 0 aliphatic rings. The van der Waals surface area contributed by atoms with Gasteiger partial charge in [0.25, 0.3) is 0 Å². The summed E-state index contributed by atoms with van der Waals surface area (Å²) in [6.07, 6.45) is 1.83. The van der Waals surface area contributed by atoms with Crippen LogP contribution in [0.5, 0.6) is 0 Å². The molecule has 4 nitrogen and oxygen atoms in total. The van der Waals surface area contributed by atoms with Gasteiger partial charge in [-0.3, -0.25) is 0 Å². The number of amidine groups is 1. The maximum absolute atomic E-state index is 10.6. The predicted octanol–water partition coefficient (Wildman–Crippen LogP) is -2.56. The number of amides is 2. The van der Waals surface area contributed by atoms with Crippen LogP contribution < -0.4 is 40.0 Å². The Balaban J connectivity index is 0.00000225. The molecular formula is C9H11ClIN3OS. The quantitative estimate of drug-likeness (QED) is 0.289. The van der Waals surface area contributed by atoms with Gasteiger partial charge in [0, 0.05) is 5.02 Å². The number of hydrogen-bond donors (Lipinski definition) is 3. The average molecular weight is 372 g/mol. The Labute approximate surface area is 120 Å². The Morgan fingerprint density at radius 2 is 2.00 bits per heavy atom. The molecule has 0 aliphatic heterocycles. The summed E-state index contributed by atoms with van der Waals surface area (Å²) in [6.45, 7) is 0. The second-order valence-electron chi connectivity index (χ2n) is 2.65.